The highest BCUT2D eigenvalue weighted by atomic mass is 28.3. The molecule has 0 atom stereocenters. The first kappa shape index (κ1) is 58.7. The van der Waals surface area contributed by atoms with Crippen molar-refractivity contribution in [3.63, 3.8) is 0 Å². The normalized spacial score (nSPS) is 15.3. The molecule has 0 N–H and O–H groups in total. The third-order valence-corrected chi connectivity index (χ3v) is 27.2. The molecule has 0 saturated carbocycles. The van der Waals surface area contributed by atoms with Crippen molar-refractivity contribution in [2.24, 2.45) is 0 Å². The lowest BCUT2D eigenvalue weighted by Gasteiger charge is -2.43. The van der Waals surface area contributed by atoms with Crippen molar-refractivity contribution in [1.82, 2.24) is 13.7 Å². The van der Waals surface area contributed by atoms with E-state index in [1.807, 2.05) is 0 Å². The van der Waals surface area contributed by atoms with Crippen LogP contribution in [0.25, 0.3) is 93.6 Å². The largest absolute Gasteiger partial charge is 0.310 e. The van der Waals surface area contributed by atoms with E-state index in [9.17, 15) is 0 Å². The van der Waals surface area contributed by atoms with Crippen molar-refractivity contribution in [3.8, 4) is 28.2 Å². The third-order valence-electron chi connectivity index (χ3n) is 22.4. The molecule has 460 valence electrons. The van der Waals surface area contributed by atoms with E-state index in [0.29, 0.717) is 0 Å². The number of fused-ring (bicyclic) bond motifs is 18. The van der Waals surface area contributed by atoms with Gasteiger partial charge in [-0.05, 0) is 191 Å². The van der Waals surface area contributed by atoms with Gasteiger partial charge in [0.1, 0.15) is 0 Å². The third kappa shape index (κ3) is 7.80. The number of rotatable bonds is 1. The Bertz CT molecular complexity index is 5210. The van der Waals surface area contributed by atoms with Crippen molar-refractivity contribution < 1.29 is 0 Å². The molecule has 4 aliphatic heterocycles. The quantitative estimate of drug-likeness (QED) is 0.146. The fraction of sp³-hybridized carbons (Fsp3) is 0.372. The lowest BCUT2D eigenvalue weighted by Crippen LogP contribution is -2.77. The van der Waals surface area contributed by atoms with Crippen LogP contribution in [-0.2, 0) is 43.3 Å². The molecule has 0 aliphatic carbocycles. The Morgan fingerprint density at radius 2 is 0.758 bits per heavy atom. The summed E-state index contributed by atoms with van der Waals surface area (Å²) in [6.45, 7) is 57.8. The summed E-state index contributed by atoms with van der Waals surface area (Å²) in [6, 6.07) is 56.6. The molecule has 12 aromatic rings. The second-order valence-corrected chi connectivity index (χ2v) is 40.4. The molecular weight excluding hydrogens is 1110 g/mol. The Balaban J connectivity index is 1.19. The van der Waals surface area contributed by atoms with Crippen LogP contribution in [0.15, 0.2) is 133 Å². The van der Waals surface area contributed by atoms with Crippen LogP contribution in [0.5, 0.6) is 0 Å². The monoisotopic (exact) mass is 1210 g/mol. The number of hydrogen-bond donors (Lipinski definition) is 0. The summed E-state index contributed by atoms with van der Waals surface area (Å²) in [5, 5.41) is 14.4. The van der Waals surface area contributed by atoms with Crippen LogP contribution in [0.1, 0.15) is 211 Å². The molecule has 0 unspecified atom stereocenters. The van der Waals surface area contributed by atoms with Crippen molar-refractivity contribution in [2.45, 2.75) is 209 Å². The fourth-order valence-corrected chi connectivity index (χ4v) is 22.8. The first-order valence-electron chi connectivity index (χ1n) is 34.1. The second-order valence-electron chi connectivity index (χ2n) is 36.8. The Kier molecular flexibility index (Phi) is 11.4. The molecule has 0 radical (unpaired) electrons. The highest BCUT2D eigenvalue weighted by molar-refractivity contribution is 7.24. The van der Waals surface area contributed by atoms with E-state index in [-0.39, 0.29) is 50.0 Å². The molecule has 16 rings (SSSR count). The minimum atomic E-state index is -3.27. The summed E-state index contributed by atoms with van der Waals surface area (Å²) in [7, 11) is -3.27. The zero-order valence-corrected chi connectivity index (χ0v) is 60.1. The fourth-order valence-electron chi connectivity index (χ4n) is 17.2. The first-order chi connectivity index (χ1) is 42.2. The van der Waals surface area contributed by atoms with Crippen molar-refractivity contribution >= 4 is 117 Å². The topological polar surface area (TPSA) is 14.8 Å². The molecule has 7 heterocycles. The Labute approximate surface area is 543 Å². The Hall–Kier alpha value is -7.34. The molecular formula is C86H94BN3Si. The van der Waals surface area contributed by atoms with Crippen LogP contribution >= 0.6 is 0 Å². The zero-order chi connectivity index (χ0) is 64.8. The molecule has 91 heavy (non-hydrogen) atoms. The number of nitrogens with zero attached hydrogens (tertiary/aromatic N) is 3. The van der Waals surface area contributed by atoms with E-state index < -0.39 is 8.07 Å². The molecule has 0 fully saturated rings. The van der Waals surface area contributed by atoms with Gasteiger partial charge in [-0.2, -0.15) is 0 Å². The standard InChI is InChI=1S/C86H94BN3Si/c1-79(2,3)47-25-30-54(31-26-47)88-63-34-29-48(80(4,5)6)37-59(63)71-66(88)46-62-77-73(71)72-60(86(22,23)24)40-53(85(19,20)21)42-65(72)89(77)64-35-36-67-78-74(64)87(62)61-41-51(83(13,14)15)38-57-58-39-52(84(16,17)18)45-70(76(58)90(78)75(57)61)91(67)68-43-49(81(7,8)9)27-32-55(68)56-33-28-50(44-69(56)91)82(10,11)12/h25-46H,1-24H3. The van der Waals surface area contributed by atoms with Gasteiger partial charge in [0.15, 0.2) is 8.07 Å². The minimum Gasteiger partial charge on any atom is -0.310 e. The molecule has 4 aliphatic rings. The van der Waals surface area contributed by atoms with Crippen LogP contribution in [-0.4, -0.2) is 28.5 Å². The number of benzene rings is 9. The summed E-state index contributed by atoms with van der Waals surface area (Å²) in [6.07, 6.45) is 0. The van der Waals surface area contributed by atoms with Crippen LogP contribution in [0.3, 0.4) is 0 Å². The van der Waals surface area contributed by atoms with Crippen LogP contribution in [0.2, 0.25) is 0 Å². The molecule has 1 spiro atoms. The van der Waals surface area contributed by atoms with Crippen molar-refractivity contribution in [1.29, 1.82) is 0 Å². The van der Waals surface area contributed by atoms with E-state index in [1.54, 1.807) is 15.6 Å². The van der Waals surface area contributed by atoms with Crippen LogP contribution in [0, 0.1) is 0 Å². The summed E-state index contributed by atoms with van der Waals surface area (Å²) in [4.78, 5) is 0. The average molecular weight is 1210 g/mol. The summed E-state index contributed by atoms with van der Waals surface area (Å²) in [5.74, 6) is 0. The molecule has 3 nitrogen and oxygen atoms in total. The molecule has 0 saturated heterocycles. The molecule has 3 aromatic heterocycles. The van der Waals surface area contributed by atoms with Gasteiger partial charge in [-0.3, -0.25) is 0 Å². The minimum absolute atomic E-state index is 0.0141. The van der Waals surface area contributed by atoms with Gasteiger partial charge in [-0.15, -0.1) is 0 Å². The van der Waals surface area contributed by atoms with Gasteiger partial charge in [0, 0.05) is 54.9 Å². The van der Waals surface area contributed by atoms with E-state index in [2.05, 4.69) is 313 Å². The predicted octanol–water partition coefficient (Wildman–Crippen LogP) is 18.2. The van der Waals surface area contributed by atoms with E-state index in [0.717, 1.165) is 0 Å². The summed E-state index contributed by atoms with van der Waals surface area (Å²) >= 11 is 0. The van der Waals surface area contributed by atoms with Crippen molar-refractivity contribution in [2.75, 3.05) is 0 Å². The number of hydrogen-bond acceptors (Lipinski definition) is 0. The Morgan fingerprint density at radius 3 is 1.31 bits per heavy atom. The van der Waals surface area contributed by atoms with Gasteiger partial charge in [0.25, 0.3) is 6.71 Å². The Morgan fingerprint density at radius 1 is 0.297 bits per heavy atom. The average Bonchev–Trinajstić information content (AvgIpc) is 1.52. The van der Waals surface area contributed by atoms with Crippen LogP contribution in [0.4, 0.5) is 0 Å². The van der Waals surface area contributed by atoms with Gasteiger partial charge in [-0.1, -0.05) is 245 Å². The lowest BCUT2D eigenvalue weighted by molar-refractivity contribution is 0.573. The number of aromatic nitrogens is 3. The van der Waals surface area contributed by atoms with Crippen LogP contribution < -0.4 is 37.1 Å². The van der Waals surface area contributed by atoms with E-state index in [4.69, 9.17) is 0 Å². The van der Waals surface area contributed by atoms with E-state index >= 15 is 0 Å². The maximum absolute atomic E-state index is 3.27. The molecule has 0 amide bonds. The lowest BCUT2D eigenvalue weighted by atomic mass is 9.34. The van der Waals surface area contributed by atoms with Gasteiger partial charge >= 0.3 is 0 Å². The maximum atomic E-state index is 2.88. The molecule has 5 heteroatoms. The van der Waals surface area contributed by atoms with Crippen molar-refractivity contribution in [3.05, 3.63) is 178 Å². The first-order valence-corrected chi connectivity index (χ1v) is 36.1. The van der Waals surface area contributed by atoms with Gasteiger partial charge in [0.05, 0.1) is 27.6 Å². The highest BCUT2D eigenvalue weighted by Gasteiger charge is 2.57. The SMILES string of the molecule is CC(C)(C)c1ccc(-n2c3ccc(C(C)(C)C)cc3c3c4c5c(C(C)(C)C)cc(C(C)(C)C)cc5n5c4c(cc32)B2c3c-5ccc4c3-n3c5c2cc(C(C)(C)C)cc5c2cc(C(C)(C)C)cc(c23)[Si]42c3cc(C(C)(C)C)ccc3-c3ccc(C(C)(C)C)cc32)cc1. The van der Waals surface area contributed by atoms with E-state index in [1.165, 1.54) is 160 Å². The zero-order valence-electron chi connectivity index (χ0n) is 59.1. The van der Waals surface area contributed by atoms with Gasteiger partial charge in [0.2, 0.25) is 0 Å². The predicted molar refractivity (Wildman–Crippen MR) is 400 cm³/mol. The smallest absolute Gasteiger partial charge is 0.252 e. The molecule has 0 bridgehead atoms. The van der Waals surface area contributed by atoms with Gasteiger partial charge in [-0.25, -0.2) is 0 Å². The summed E-state index contributed by atoms with van der Waals surface area (Å²) < 4.78 is 8.37. The second kappa shape index (κ2) is 17.7. The summed E-state index contributed by atoms with van der Waals surface area (Å²) in [5.41, 5.74) is 29.4. The highest BCUT2D eigenvalue weighted by Crippen LogP contribution is 2.51. The molecule has 9 aromatic carbocycles. The maximum Gasteiger partial charge on any atom is 0.252 e. The van der Waals surface area contributed by atoms with Gasteiger partial charge < -0.3 is 13.7 Å².